The summed E-state index contributed by atoms with van der Waals surface area (Å²) < 4.78 is 0. The predicted molar refractivity (Wildman–Crippen MR) is 88.1 cm³/mol. The van der Waals surface area contributed by atoms with E-state index in [9.17, 15) is 4.79 Å². The van der Waals surface area contributed by atoms with Crippen LogP contribution in [0.15, 0.2) is 30.3 Å². The van der Waals surface area contributed by atoms with Crippen LogP contribution in [0.2, 0.25) is 0 Å². The van der Waals surface area contributed by atoms with Gasteiger partial charge in [-0.25, -0.2) is 0 Å². The van der Waals surface area contributed by atoms with Crippen molar-refractivity contribution in [1.82, 2.24) is 10.2 Å². The molecule has 0 aliphatic carbocycles. The molecule has 4 nitrogen and oxygen atoms in total. The van der Waals surface area contributed by atoms with Gasteiger partial charge < -0.3 is 11.1 Å². The highest BCUT2D eigenvalue weighted by Crippen LogP contribution is 2.13. The second-order valence-electron chi connectivity index (χ2n) is 6.48. The maximum Gasteiger partial charge on any atom is 0.234 e. The molecule has 1 aromatic rings. The van der Waals surface area contributed by atoms with E-state index in [-0.39, 0.29) is 11.3 Å². The summed E-state index contributed by atoms with van der Waals surface area (Å²) in [5.74, 6) is 0.0818. The Balaban J connectivity index is 2.16. The quantitative estimate of drug-likeness (QED) is 0.680. The van der Waals surface area contributed by atoms with Crippen LogP contribution in [0.1, 0.15) is 25.8 Å². The van der Waals surface area contributed by atoms with E-state index in [1.54, 1.807) is 0 Å². The van der Waals surface area contributed by atoms with Crippen LogP contribution in [0.5, 0.6) is 0 Å². The number of hydrogen-bond acceptors (Lipinski definition) is 3. The highest BCUT2D eigenvalue weighted by atomic mass is 16.2. The molecule has 1 amide bonds. The van der Waals surface area contributed by atoms with Crippen molar-refractivity contribution >= 4 is 5.91 Å². The van der Waals surface area contributed by atoms with Crippen molar-refractivity contribution in [3.63, 3.8) is 0 Å². The van der Waals surface area contributed by atoms with Crippen LogP contribution < -0.4 is 11.1 Å². The molecule has 0 bridgehead atoms. The summed E-state index contributed by atoms with van der Waals surface area (Å²) >= 11 is 0. The molecule has 0 unspecified atom stereocenters. The first-order chi connectivity index (χ1) is 9.93. The Hall–Kier alpha value is -1.39. The molecule has 118 valence electrons. The highest BCUT2D eigenvalue weighted by molar-refractivity contribution is 5.77. The minimum Gasteiger partial charge on any atom is -0.355 e. The van der Waals surface area contributed by atoms with Crippen LogP contribution in [0.25, 0.3) is 0 Å². The zero-order valence-corrected chi connectivity index (χ0v) is 13.6. The van der Waals surface area contributed by atoms with Gasteiger partial charge >= 0.3 is 0 Å². The smallest absolute Gasteiger partial charge is 0.234 e. The number of nitrogens with two attached hydrogens (primary N) is 1. The number of benzene rings is 1. The third-order valence-corrected chi connectivity index (χ3v) is 3.47. The standard InChI is InChI=1S/C17H29N3O/c1-17(2,13-18)14-20(3)12-16(21)19-11-7-10-15-8-5-4-6-9-15/h4-6,8-9H,7,10-14,18H2,1-3H3,(H,19,21). The topological polar surface area (TPSA) is 58.4 Å². The van der Waals surface area contributed by atoms with E-state index in [2.05, 4.69) is 31.3 Å². The number of nitrogens with zero attached hydrogens (tertiary/aromatic N) is 1. The molecule has 0 spiro atoms. The first-order valence-electron chi connectivity index (χ1n) is 7.62. The number of hydrogen-bond donors (Lipinski definition) is 2. The summed E-state index contributed by atoms with van der Waals surface area (Å²) in [6, 6.07) is 10.3. The fourth-order valence-electron chi connectivity index (χ4n) is 2.32. The Morgan fingerprint density at radius 2 is 1.95 bits per heavy atom. The van der Waals surface area contributed by atoms with Gasteiger partial charge in [0.1, 0.15) is 0 Å². The van der Waals surface area contributed by atoms with Crippen LogP contribution >= 0.6 is 0 Å². The lowest BCUT2D eigenvalue weighted by Gasteiger charge is -2.28. The van der Waals surface area contributed by atoms with Crippen LogP contribution in [-0.4, -0.2) is 44.0 Å². The van der Waals surface area contributed by atoms with Crippen molar-refractivity contribution in [3.05, 3.63) is 35.9 Å². The van der Waals surface area contributed by atoms with Crippen molar-refractivity contribution in [2.75, 3.05) is 33.2 Å². The molecule has 0 aliphatic rings. The molecule has 21 heavy (non-hydrogen) atoms. The molecule has 0 aromatic heterocycles. The molecule has 0 saturated carbocycles. The average Bonchev–Trinajstić information content (AvgIpc) is 2.44. The SMILES string of the molecule is CN(CC(=O)NCCCc1ccccc1)CC(C)(C)CN. The Labute approximate surface area is 128 Å². The normalized spacial score (nSPS) is 11.7. The van der Waals surface area contributed by atoms with E-state index >= 15 is 0 Å². The zero-order valence-electron chi connectivity index (χ0n) is 13.6. The number of likely N-dealkylation sites (N-methyl/N-ethyl adjacent to an activating group) is 1. The van der Waals surface area contributed by atoms with E-state index in [0.29, 0.717) is 13.1 Å². The van der Waals surface area contributed by atoms with E-state index in [1.165, 1.54) is 5.56 Å². The van der Waals surface area contributed by atoms with E-state index in [0.717, 1.165) is 25.9 Å². The second-order valence-corrected chi connectivity index (χ2v) is 6.48. The van der Waals surface area contributed by atoms with E-state index < -0.39 is 0 Å². The molecular formula is C17H29N3O. The first kappa shape index (κ1) is 17.7. The largest absolute Gasteiger partial charge is 0.355 e. The summed E-state index contributed by atoms with van der Waals surface area (Å²) in [6.07, 6.45) is 1.96. The molecule has 0 saturated heterocycles. The van der Waals surface area contributed by atoms with Gasteiger partial charge in [0.15, 0.2) is 0 Å². The Morgan fingerprint density at radius 1 is 1.29 bits per heavy atom. The molecule has 1 rings (SSSR count). The Morgan fingerprint density at radius 3 is 2.57 bits per heavy atom. The lowest BCUT2D eigenvalue weighted by atomic mass is 9.93. The second kappa shape index (κ2) is 8.80. The van der Waals surface area contributed by atoms with Crippen molar-refractivity contribution in [1.29, 1.82) is 0 Å². The number of aryl methyl sites for hydroxylation is 1. The molecular weight excluding hydrogens is 262 g/mol. The van der Waals surface area contributed by atoms with Gasteiger partial charge in [-0.05, 0) is 37.4 Å². The minimum atomic E-state index is 0.0440. The van der Waals surface area contributed by atoms with Crippen LogP contribution in [0, 0.1) is 5.41 Å². The molecule has 0 heterocycles. The van der Waals surface area contributed by atoms with Crippen molar-refractivity contribution in [2.24, 2.45) is 11.1 Å². The number of nitrogens with one attached hydrogen (secondary N) is 1. The first-order valence-corrected chi connectivity index (χ1v) is 7.62. The monoisotopic (exact) mass is 291 g/mol. The van der Waals surface area contributed by atoms with Gasteiger partial charge in [0.05, 0.1) is 6.54 Å². The molecule has 3 N–H and O–H groups in total. The zero-order chi connectivity index (χ0) is 15.7. The number of rotatable bonds is 9. The van der Waals surface area contributed by atoms with Crippen LogP contribution in [0.3, 0.4) is 0 Å². The van der Waals surface area contributed by atoms with E-state index in [4.69, 9.17) is 5.73 Å². The van der Waals surface area contributed by atoms with Gasteiger partial charge in [0.25, 0.3) is 0 Å². The number of carbonyl (C=O) groups excluding carboxylic acids is 1. The van der Waals surface area contributed by atoms with Gasteiger partial charge in [0, 0.05) is 13.1 Å². The van der Waals surface area contributed by atoms with E-state index in [1.807, 2.05) is 30.1 Å². The fraction of sp³-hybridized carbons (Fsp3) is 0.588. The van der Waals surface area contributed by atoms with Gasteiger partial charge in [-0.2, -0.15) is 0 Å². The van der Waals surface area contributed by atoms with Crippen LogP contribution in [0.4, 0.5) is 0 Å². The molecule has 0 aliphatic heterocycles. The summed E-state index contributed by atoms with van der Waals surface area (Å²) in [4.78, 5) is 13.9. The van der Waals surface area contributed by atoms with Gasteiger partial charge in [0.2, 0.25) is 5.91 Å². The third kappa shape index (κ3) is 7.83. The predicted octanol–water partition coefficient (Wildman–Crippen LogP) is 1.65. The summed E-state index contributed by atoms with van der Waals surface area (Å²) in [5.41, 5.74) is 7.07. The lowest BCUT2D eigenvalue weighted by molar-refractivity contribution is -0.122. The average molecular weight is 291 g/mol. The van der Waals surface area contributed by atoms with Crippen LogP contribution in [-0.2, 0) is 11.2 Å². The van der Waals surface area contributed by atoms with Crippen molar-refractivity contribution in [2.45, 2.75) is 26.7 Å². The number of carbonyl (C=O) groups is 1. The summed E-state index contributed by atoms with van der Waals surface area (Å²) in [7, 11) is 1.96. The highest BCUT2D eigenvalue weighted by Gasteiger charge is 2.19. The third-order valence-electron chi connectivity index (χ3n) is 3.47. The summed E-state index contributed by atoms with van der Waals surface area (Å²) in [5, 5.41) is 2.98. The number of amides is 1. The molecule has 0 radical (unpaired) electrons. The maximum absolute atomic E-state index is 11.9. The molecule has 1 aromatic carbocycles. The Kier molecular flexibility index (Phi) is 7.40. The van der Waals surface area contributed by atoms with Gasteiger partial charge in [-0.3, -0.25) is 9.69 Å². The minimum absolute atomic E-state index is 0.0440. The summed E-state index contributed by atoms with van der Waals surface area (Å²) in [6.45, 7) is 6.82. The molecule has 0 fully saturated rings. The Bertz CT molecular complexity index is 417. The van der Waals surface area contributed by atoms with Gasteiger partial charge in [-0.1, -0.05) is 44.2 Å². The molecule has 4 heteroatoms. The molecule has 0 atom stereocenters. The van der Waals surface area contributed by atoms with Crippen molar-refractivity contribution in [3.8, 4) is 0 Å². The van der Waals surface area contributed by atoms with Gasteiger partial charge in [-0.15, -0.1) is 0 Å². The lowest BCUT2D eigenvalue weighted by Crippen LogP contribution is -2.42. The fourth-order valence-corrected chi connectivity index (χ4v) is 2.32. The van der Waals surface area contributed by atoms with Crippen molar-refractivity contribution < 1.29 is 4.79 Å². The maximum atomic E-state index is 11.9.